The van der Waals surface area contributed by atoms with Crippen LogP contribution in [0.4, 0.5) is 0 Å². The van der Waals surface area contributed by atoms with Crippen molar-refractivity contribution in [2.75, 3.05) is 6.54 Å². The van der Waals surface area contributed by atoms with Gasteiger partial charge in [-0.1, -0.05) is 0 Å². The molecule has 0 saturated carbocycles. The standard InChI is InChI=1S/C21H34N8O8/c22-6-2-1-3-13(27-18(33)12(23)4-5-17(31)32)19(34)28-14(7-11-9-25-10-26-11)20(35)29-15(21(36)37)8-16(24)30/h9-10,12-15H,1-8,22-23H2,(H2,24,30)(H,25,26)(H,27,33)(H,28,34)(H,29,35)(H,31,32)(H,36,37). The van der Waals surface area contributed by atoms with Crippen molar-refractivity contribution < 1.29 is 39.0 Å². The second kappa shape index (κ2) is 15.8. The van der Waals surface area contributed by atoms with E-state index in [1.165, 1.54) is 12.5 Å². The van der Waals surface area contributed by atoms with Crippen LogP contribution in [0.5, 0.6) is 0 Å². The number of nitrogens with two attached hydrogens (primary N) is 3. The van der Waals surface area contributed by atoms with Gasteiger partial charge in [-0.2, -0.15) is 0 Å². The van der Waals surface area contributed by atoms with E-state index in [9.17, 15) is 33.9 Å². The Hall–Kier alpha value is -4.05. The number of nitrogens with one attached hydrogen (secondary N) is 4. The van der Waals surface area contributed by atoms with Crippen molar-refractivity contribution in [2.24, 2.45) is 17.2 Å². The molecule has 37 heavy (non-hydrogen) atoms. The predicted octanol–water partition coefficient (Wildman–Crippen LogP) is -3.31. The number of primary amides is 1. The quantitative estimate of drug-likeness (QED) is 0.0853. The van der Waals surface area contributed by atoms with Crippen LogP contribution < -0.4 is 33.2 Å². The lowest BCUT2D eigenvalue weighted by Gasteiger charge is -2.25. The van der Waals surface area contributed by atoms with Crippen molar-refractivity contribution in [1.82, 2.24) is 25.9 Å². The van der Waals surface area contributed by atoms with Crippen LogP contribution in [-0.4, -0.2) is 86.5 Å². The number of carboxylic acids is 2. The van der Waals surface area contributed by atoms with Crippen molar-refractivity contribution in [1.29, 1.82) is 0 Å². The molecule has 0 aromatic carbocycles. The van der Waals surface area contributed by atoms with E-state index in [1.807, 2.05) is 0 Å². The number of amides is 4. The second-order valence-corrected chi connectivity index (χ2v) is 8.30. The van der Waals surface area contributed by atoms with Gasteiger partial charge in [-0.05, 0) is 32.2 Å². The lowest BCUT2D eigenvalue weighted by atomic mass is 10.0. The molecule has 12 N–H and O–H groups in total. The molecule has 0 fully saturated rings. The monoisotopic (exact) mass is 526 g/mol. The molecule has 16 heteroatoms. The third kappa shape index (κ3) is 12.0. The first-order valence-electron chi connectivity index (χ1n) is 11.5. The van der Waals surface area contributed by atoms with Gasteiger partial charge in [0.25, 0.3) is 0 Å². The molecule has 0 spiro atoms. The first kappa shape index (κ1) is 31.0. The maximum atomic E-state index is 13.1. The van der Waals surface area contributed by atoms with E-state index >= 15 is 0 Å². The average molecular weight is 527 g/mol. The minimum absolute atomic E-state index is 0.123. The number of rotatable bonds is 18. The third-order valence-corrected chi connectivity index (χ3v) is 5.22. The van der Waals surface area contributed by atoms with Crippen LogP contribution in [-0.2, 0) is 35.2 Å². The highest BCUT2D eigenvalue weighted by molar-refractivity contribution is 5.95. The minimum atomic E-state index is -1.63. The number of carbonyl (C=O) groups is 6. The van der Waals surface area contributed by atoms with E-state index in [1.54, 1.807) is 0 Å². The second-order valence-electron chi connectivity index (χ2n) is 8.30. The number of hydrogen-bond acceptors (Lipinski definition) is 9. The fraction of sp³-hybridized carbons (Fsp3) is 0.571. The number of aromatic amines is 1. The number of nitrogens with zero attached hydrogens (tertiary/aromatic N) is 1. The number of imidazole rings is 1. The normalized spacial score (nSPS) is 14.0. The maximum Gasteiger partial charge on any atom is 0.326 e. The Morgan fingerprint density at radius 2 is 1.54 bits per heavy atom. The number of carboxylic acid groups (broad SMARTS) is 2. The van der Waals surface area contributed by atoms with Gasteiger partial charge in [0.2, 0.25) is 23.6 Å². The Labute approximate surface area is 212 Å². The van der Waals surface area contributed by atoms with Crippen LogP contribution in [0.15, 0.2) is 12.5 Å². The SMILES string of the molecule is NCCCCC(NC(=O)C(N)CCC(=O)O)C(=O)NC(Cc1cnc[nH]1)C(=O)NC(CC(N)=O)C(=O)O. The molecule has 1 aromatic rings. The smallest absolute Gasteiger partial charge is 0.326 e. The molecule has 1 rings (SSSR count). The number of aromatic nitrogens is 2. The van der Waals surface area contributed by atoms with Crippen LogP contribution in [0.1, 0.15) is 44.2 Å². The topological polar surface area (TPSA) is 286 Å². The molecular formula is C21H34N8O8. The van der Waals surface area contributed by atoms with Crippen LogP contribution in [0.2, 0.25) is 0 Å². The third-order valence-electron chi connectivity index (χ3n) is 5.22. The van der Waals surface area contributed by atoms with Crippen molar-refractivity contribution in [3.05, 3.63) is 18.2 Å². The van der Waals surface area contributed by atoms with Crippen molar-refractivity contribution in [3.63, 3.8) is 0 Å². The summed E-state index contributed by atoms with van der Waals surface area (Å²) in [6.45, 7) is 0.335. The van der Waals surface area contributed by atoms with Gasteiger partial charge in [-0.3, -0.25) is 24.0 Å². The Morgan fingerprint density at radius 3 is 2.08 bits per heavy atom. The highest BCUT2D eigenvalue weighted by Gasteiger charge is 2.31. The molecule has 4 unspecified atom stereocenters. The molecule has 0 radical (unpaired) electrons. The Balaban J connectivity index is 3.05. The molecule has 206 valence electrons. The Kier molecular flexibility index (Phi) is 13.3. The van der Waals surface area contributed by atoms with Crippen LogP contribution in [0, 0.1) is 0 Å². The molecule has 0 bridgehead atoms. The van der Waals surface area contributed by atoms with Gasteiger partial charge in [0, 0.05) is 24.7 Å². The first-order valence-corrected chi connectivity index (χ1v) is 11.5. The highest BCUT2D eigenvalue weighted by Crippen LogP contribution is 2.06. The summed E-state index contributed by atoms with van der Waals surface area (Å²) in [6, 6.07) is -5.28. The van der Waals surface area contributed by atoms with Gasteiger partial charge in [-0.25, -0.2) is 9.78 Å². The molecule has 4 atom stereocenters. The summed E-state index contributed by atoms with van der Waals surface area (Å²) in [6.07, 6.45) is 2.56. The van der Waals surface area contributed by atoms with Gasteiger partial charge in [0.05, 0.1) is 18.8 Å². The zero-order valence-electron chi connectivity index (χ0n) is 20.1. The summed E-state index contributed by atoms with van der Waals surface area (Å²) in [5, 5.41) is 25.2. The number of aliphatic carboxylic acids is 2. The Morgan fingerprint density at radius 1 is 0.919 bits per heavy atom. The largest absolute Gasteiger partial charge is 0.481 e. The number of carbonyl (C=O) groups excluding carboxylic acids is 4. The number of hydrogen-bond donors (Lipinski definition) is 9. The molecule has 1 aromatic heterocycles. The molecule has 0 saturated heterocycles. The van der Waals surface area contributed by atoms with E-state index in [2.05, 4.69) is 25.9 Å². The Bertz CT molecular complexity index is 939. The molecule has 0 aliphatic rings. The zero-order valence-corrected chi connectivity index (χ0v) is 20.1. The number of unbranched alkanes of at least 4 members (excludes halogenated alkanes) is 1. The van der Waals surface area contributed by atoms with E-state index in [0.717, 1.165) is 0 Å². The van der Waals surface area contributed by atoms with Crippen LogP contribution in [0.25, 0.3) is 0 Å². The summed E-state index contributed by atoms with van der Waals surface area (Å²) in [5.74, 6) is -6.02. The molecule has 16 nitrogen and oxygen atoms in total. The van der Waals surface area contributed by atoms with E-state index in [4.69, 9.17) is 22.3 Å². The summed E-state index contributed by atoms with van der Waals surface area (Å²) in [4.78, 5) is 78.5. The summed E-state index contributed by atoms with van der Waals surface area (Å²) in [5.41, 5.74) is 16.7. The van der Waals surface area contributed by atoms with Gasteiger partial charge in [0.1, 0.15) is 18.1 Å². The van der Waals surface area contributed by atoms with Crippen molar-refractivity contribution in [3.8, 4) is 0 Å². The van der Waals surface area contributed by atoms with Crippen molar-refractivity contribution >= 4 is 35.6 Å². The fourth-order valence-corrected chi connectivity index (χ4v) is 3.22. The molecule has 0 aliphatic carbocycles. The van der Waals surface area contributed by atoms with E-state index in [-0.39, 0.29) is 25.7 Å². The average Bonchev–Trinajstić information content (AvgIpc) is 3.33. The lowest BCUT2D eigenvalue weighted by molar-refractivity contribution is -0.143. The maximum absolute atomic E-state index is 13.1. The highest BCUT2D eigenvalue weighted by atomic mass is 16.4. The van der Waals surface area contributed by atoms with Gasteiger partial charge in [0.15, 0.2) is 0 Å². The summed E-state index contributed by atoms with van der Waals surface area (Å²) >= 11 is 0. The van der Waals surface area contributed by atoms with Crippen molar-refractivity contribution in [2.45, 2.75) is 69.1 Å². The minimum Gasteiger partial charge on any atom is -0.481 e. The van der Waals surface area contributed by atoms with Crippen LogP contribution in [0.3, 0.4) is 0 Å². The van der Waals surface area contributed by atoms with E-state index < -0.39 is 66.2 Å². The van der Waals surface area contributed by atoms with Gasteiger partial charge in [-0.15, -0.1) is 0 Å². The van der Waals surface area contributed by atoms with E-state index in [0.29, 0.717) is 25.1 Å². The van der Waals surface area contributed by atoms with Crippen LogP contribution >= 0.6 is 0 Å². The molecule has 4 amide bonds. The summed E-state index contributed by atoms with van der Waals surface area (Å²) < 4.78 is 0. The first-order chi connectivity index (χ1) is 17.4. The fourth-order valence-electron chi connectivity index (χ4n) is 3.22. The zero-order chi connectivity index (χ0) is 28.0. The summed E-state index contributed by atoms with van der Waals surface area (Å²) in [7, 11) is 0. The predicted molar refractivity (Wildman–Crippen MR) is 127 cm³/mol. The van der Waals surface area contributed by atoms with Gasteiger partial charge < -0.3 is 48.3 Å². The molecule has 0 aliphatic heterocycles. The molecular weight excluding hydrogens is 492 g/mol. The lowest BCUT2D eigenvalue weighted by Crippen LogP contribution is -2.58. The number of H-pyrrole nitrogens is 1. The van der Waals surface area contributed by atoms with Gasteiger partial charge >= 0.3 is 11.9 Å². The molecule has 1 heterocycles.